The zero-order valence-corrected chi connectivity index (χ0v) is 13.1. The molecule has 0 saturated carbocycles. The van der Waals surface area contributed by atoms with Crippen LogP contribution in [0.3, 0.4) is 0 Å². The molecule has 0 aliphatic rings. The second-order valence-corrected chi connectivity index (χ2v) is 5.53. The van der Waals surface area contributed by atoms with Gasteiger partial charge in [-0.3, -0.25) is 4.79 Å². The van der Waals surface area contributed by atoms with Gasteiger partial charge in [0.05, 0.1) is 17.5 Å². The number of rotatable bonds is 7. The highest BCUT2D eigenvalue weighted by molar-refractivity contribution is 5.79. The Morgan fingerprint density at radius 3 is 2.57 bits per heavy atom. The van der Waals surface area contributed by atoms with Crippen LogP contribution in [0.2, 0.25) is 0 Å². The van der Waals surface area contributed by atoms with Crippen molar-refractivity contribution in [2.24, 2.45) is 0 Å². The van der Waals surface area contributed by atoms with Crippen LogP contribution < -0.4 is 0 Å². The Morgan fingerprint density at radius 2 is 2.00 bits per heavy atom. The maximum Gasteiger partial charge on any atom is 0.307 e. The van der Waals surface area contributed by atoms with Crippen molar-refractivity contribution in [3.8, 4) is 0 Å². The van der Waals surface area contributed by atoms with E-state index in [0.29, 0.717) is 5.92 Å². The Morgan fingerprint density at radius 1 is 1.29 bits per heavy atom. The molecule has 114 valence electrons. The van der Waals surface area contributed by atoms with Crippen molar-refractivity contribution in [1.29, 1.82) is 0 Å². The lowest BCUT2D eigenvalue weighted by molar-refractivity contribution is -0.136. The van der Waals surface area contributed by atoms with Gasteiger partial charge in [-0.05, 0) is 37.0 Å². The fourth-order valence-corrected chi connectivity index (χ4v) is 2.90. The molecule has 0 atom stereocenters. The van der Waals surface area contributed by atoms with E-state index in [0.717, 1.165) is 48.2 Å². The van der Waals surface area contributed by atoms with Crippen molar-refractivity contribution < 1.29 is 9.90 Å². The minimum Gasteiger partial charge on any atom is -0.481 e. The molecule has 0 bridgehead atoms. The monoisotopic (exact) mass is 288 g/mol. The highest BCUT2D eigenvalue weighted by Gasteiger charge is 2.17. The standard InChI is InChI=1S/C17H24N2O2/c1-4-9-19-15-8-7-12(11-16(20)21)10-14(15)18-17(19)13(5-2)6-3/h7-8,10,13H,4-6,9,11H2,1-3H3,(H,20,21). The van der Waals surface area contributed by atoms with Crippen molar-refractivity contribution >= 4 is 17.0 Å². The van der Waals surface area contributed by atoms with E-state index in [1.807, 2.05) is 18.2 Å². The number of aliphatic carboxylic acids is 1. The van der Waals surface area contributed by atoms with E-state index in [2.05, 4.69) is 25.3 Å². The number of fused-ring (bicyclic) bond motifs is 1. The van der Waals surface area contributed by atoms with Gasteiger partial charge >= 0.3 is 5.97 Å². The summed E-state index contributed by atoms with van der Waals surface area (Å²) >= 11 is 0. The summed E-state index contributed by atoms with van der Waals surface area (Å²) in [6, 6.07) is 5.84. The van der Waals surface area contributed by atoms with Gasteiger partial charge in [0.25, 0.3) is 0 Å². The van der Waals surface area contributed by atoms with Crippen LogP contribution in [0.1, 0.15) is 57.3 Å². The van der Waals surface area contributed by atoms with E-state index in [9.17, 15) is 4.79 Å². The zero-order valence-electron chi connectivity index (χ0n) is 13.1. The molecule has 21 heavy (non-hydrogen) atoms. The molecule has 1 N–H and O–H groups in total. The molecule has 2 rings (SSSR count). The SMILES string of the molecule is CCCn1c(C(CC)CC)nc2cc(CC(=O)O)ccc21. The molecule has 4 nitrogen and oxygen atoms in total. The second-order valence-electron chi connectivity index (χ2n) is 5.53. The maximum atomic E-state index is 10.9. The summed E-state index contributed by atoms with van der Waals surface area (Å²) in [6.07, 6.45) is 3.27. The Bertz CT molecular complexity index is 627. The molecule has 1 aromatic carbocycles. The third-order valence-corrected chi connectivity index (χ3v) is 4.00. The van der Waals surface area contributed by atoms with Crippen molar-refractivity contribution in [2.45, 2.75) is 58.9 Å². The molecular formula is C17H24N2O2. The van der Waals surface area contributed by atoms with Crippen LogP contribution in [0.15, 0.2) is 18.2 Å². The number of aryl methyl sites for hydroxylation is 1. The lowest BCUT2D eigenvalue weighted by atomic mass is 10.0. The van der Waals surface area contributed by atoms with E-state index in [-0.39, 0.29) is 6.42 Å². The van der Waals surface area contributed by atoms with Crippen molar-refractivity contribution in [3.05, 3.63) is 29.6 Å². The summed E-state index contributed by atoms with van der Waals surface area (Å²) in [7, 11) is 0. The van der Waals surface area contributed by atoms with Gasteiger partial charge in [0.2, 0.25) is 0 Å². The first-order chi connectivity index (χ1) is 10.1. The average molecular weight is 288 g/mol. The highest BCUT2D eigenvalue weighted by Crippen LogP contribution is 2.27. The van der Waals surface area contributed by atoms with E-state index in [1.54, 1.807) is 0 Å². The summed E-state index contributed by atoms with van der Waals surface area (Å²) in [5.74, 6) is 0.804. The Balaban J connectivity index is 2.52. The minimum absolute atomic E-state index is 0.0525. The summed E-state index contributed by atoms with van der Waals surface area (Å²) in [5, 5.41) is 8.92. The van der Waals surface area contributed by atoms with Gasteiger partial charge in [-0.2, -0.15) is 0 Å². The number of nitrogens with zero attached hydrogens (tertiary/aromatic N) is 2. The van der Waals surface area contributed by atoms with Gasteiger partial charge < -0.3 is 9.67 Å². The number of carbonyl (C=O) groups is 1. The van der Waals surface area contributed by atoms with Crippen LogP contribution in [0.5, 0.6) is 0 Å². The minimum atomic E-state index is -0.803. The van der Waals surface area contributed by atoms with Gasteiger partial charge in [-0.15, -0.1) is 0 Å². The van der Waals surface area contributed by atoms with Crippen molar-refractivity contribution in [1.82, 2.24) is 9.55 Å². The number of benzene rings is 1. The molecule has 0 spiro atoms. The summed E-state index contributed by atoms with van der Waals surface area (Å²) in [5.41, 5.74) is 2.85. The van der Waals surface area contributed by atoms with Crippen LogP contribution in [0, 0.1) is 0 Å². The summed E-state index contributed by atoms with van der Waals surface area (Å²) in [6.45, 7) is 7.52. The fourth-order valence-electron chi connectivity index (χ4n) is 2.90. The Kier molecular flexibility index (Phi) is 4.99. The number of hydrogen-bond donors (Lipinski definition) is 1. The van der Waals surface area contributed by atoms with Crippen molar-refractivity contribution in [3.63, 3.8) is 0 Å². The lowest BCUT2D eigenvalue weighted by Gasteiger charge is -2.14. The molecule has 1 heterocycles. The molecule has 0 unspecified atom stereocenters. The lowest BCUT2D eigenvalue weighted by Crippen LogP contribution is -2.08. The molecular weight excluding hydrogens is 264 g/mol. The predicted molar refractivity (Wildman–Crippen MR) is 84.7 cm³/mol. The van der Waals surface area contributed by atoms with Crippen LogP contribution in [0.4, 0.5) is 0 Å². The smallest absolute Gasteiger partial charge is 0.307 e. The summed E-state index contributed by atoms with van der Waals surface area (Å²) in [4.78, 5) is 15.7. The molecule has 1 aromatic heterocycles. The third kappa shape index (κ3) is 3.26. The first-order valence-corrected chi connectivity index (χ1v) is 7.81. The number of carboxylic acids is 1. The third-order valence-electron chi connectivity index (χ3n) is 4.00. The van der Waals surface area contributed by atoms with E-state index >= 15 is 0 Å². The highest BCUT2D eigenvalue weighted by atomic mass is 16.4. The number of imidazole rings is 1. The van der Waals surface area contributed by atoms with Gasteiger partial charge in [-0.1, -0.05) is 26.8 Å². The van der Waals surface area contributed by atoms with Crippen molar-refractivity contribution in [2.75, 3.05) is 0 Å². The number of hydrogen-bond acceptors (Lipinski definition) is 2. The Hall–Kier alpha value is -1.84. The van der Waals surface area contributed by atoms with Crippen LogP contribution in [-0.2, 0) is 17.8 Å². The largest absolute Gasteiger partial charge is 0.481 e. The predicted octanol–water partition coefficient (Wildman–Crippen LogP) is 3.98. The first kappa shape index (κ1) is 15.5. The number of aromatic nitrogens is 2. The molecule has 0 aliphatic heterocycles. The van der Waals surface area contributed by atoms with Gasteiger partial charge in [0, 0.05) is 12.5 Å². The van der Waals surface area contributed by atoms with Crippen LogP contribution >= 0.6 is 0 Å². The molecule has 0 aliphatic carbocycles. The molecule has 0 radical (unpaired) electrons. The number of carboxylic acid groups (broad SMARTS) is 1. The topological polar surface area (TPSA) is 55.1 Å². The second kappa shape index (κ2) is 6.74. The van der Waals surface area contributed by atoms with E-state index in [4.69, 9.17) is 10.1 Å². The quantitative estimate of drug-likeness (QED) is 0.838. The first-order valence-electron chi connectivity index (χ1n) is 7.81. The average Bonchev–Trinajstić information content (AvgIpc) is 2.78. The normalized spacial score (nSPS) is 11.4. The van der Waals surface area contributed by atoms with Crippen LogP contribution in [0.25, 0.3) is 11.0 Å². The van der Waals surface area contributed by atoms with Gasteiger partial charge in [-0.25, -0.2) is 4.98 Å². The molecule has 4 heteroatoms. The van der Waals surface area contributed by atoms with Crippen LogP contribution in [-0.4, -0.2) is 20.6 Å². The zero-order chi connectivity index (χ0) is 15.4. The summed E-state index contributed by atoms with van der Waals surface area (Å²) < 4.78 is 2.30. The van der Waals surface area contributed by atoms with E-state index < -0.39 is 5.97 Å². The molecule has 2 aromatic rings. The molecule has 0 saturated heterocycles. The van der Waals surface area contributed by atoms with Gasteiger partial charge in [0.15, 0.2) is 0 Å². The van der Waals surface area contributed by atoms with Gasteiger partial charge in [0.1, 0.15) is 5.82 Å². The fraction of sp³-hybridized carbons (Fsp3) is 0.529. The maximum absolute atomic E-state index is 10.9. The Labute approximate surface area is 125 Å². The molecule has 0 fully saturated rings. The molecule has 0 amide bonds. The van der Waals surface area contributed by atoms with E-state index in [1.165, 1.54) is 0 Å².